The number of hydrogen-bond acceptors (Lipinski definition) is 3. The van der Waals surface area contributed by atoms with Gasteiger partial charge in [0.1, 0.15) is 0 Å². The van der Waals surface area contributed by atoms with Crippen LogP contribution in [-0.4, -0.2) is 39.0 Å². The summed E-state index contributed by atoms with van der Waals surface area (Å²) in [5, 5.41) is 3.70. The fraction of sp³-hybridized carbons (Fsp3) is 1.00. The van der Waals surface area contributed by atoms with Crippen molar-refractivity contribution in [1.29, 1.82) is 0 Å². The Morgan fingerprint density at radius 1 is 1.06 bits per heavy atom. The Hall–Kier alpha value is -0.120. The molecule has 3 nitrogen and oxygen atoms in total. The molecular weight excluding hydrogens is 214 g/mol. The monoisotopic (exact) mass is 241 g/mol. The molecule has 0 spiro atoms. The zero-order valence-electron chi connectivity index (χ0n) is 11.1. The van der Waals surface area contributed by atoms with Crippen molar-refractivity contribution >= 4 is 0 Å². The Balaban J connectivity index is 1.78. The zero-order chi connectivity index (χ0) is 11.9. The molecule has 0 aromatic carbocycles. The third kappa shape index (κ3) is 4.23. The van der Waals surface area contributed by atoms with Gasteiger partial charge in [0.25, 0.3) is 0 Å². The van der Waals surface area contributed by atoms with Crippen molar-refractivity contribution in [3.05, 3.63) is 0 Å². The Kier molecular flexibility index (Phi) is 5.75. The Morgan fingerprint density at radius 2 is 1.82 bits per heavy atom. The van der Waals surface area contributed by atoms with E-state index in [-0.39, 0.29) is 0 Å². The maximum atomic E-state index is 5.66. The maximum absolute atomic E-state index is 5.66. The normalized spacial score (nSPS) is 31.6. The third-order valence-corrected chi connectivity index (χ3v) is 4.11. The lowest BCUT2D eigenvalue weighted by molar-refractivity contribution is 0.00578. The summed E-state index contributed by atoms with van der Waals surface area (Å²) in [6, 6.07) is 0.687. The van der Waals surface area contributed by atoms with Crippen molar-refractivity contribution in [3.8, 4) is 0 Å². The van der Waals surface area contributed by atoms with Crippen molar-refractivity contribution in [3.63, 3.8) is 0 Å². The molecule has 2 heterocycles. The van der Waals surface area contributed by atoms with Crippen LogP contribution in [0, 0.1) is 11.8 Å². The van der Waals surface area contributed by atoms with Gasteiger partial charge in [0.2, 0.25) is 0 Å². The first kappa shape index (κ1) is 13.3. The van der Waals surface area contributed by atoms with Crippen LogP contribution in [0.3, 0.4) is 0 Å². The summed E-state index contributed by atoms with van der Waals surface area (Å²) in [6.07, 6.45) is 6.23. The van der Waals surface area contributed by atoms with Gasteiger partial charge in [0.15, 0.2) is 0 Å². The Bertz CT molecular complexity index is 204. The summed E-state index contributed by atoms with van der Waals surface area (Å²) in [4.78, 5) is 0. The first-order valence-electron chi connectivity index (χ1n) is 7.29. The van der Waals surface area contributed by atoms with E-state index in [0.29, 0.717) is 6.04 Å². The van der Waals surface area contributed by atoms with Gasteiger partial charge in [0.05, 0.1) is 6.61 Å². The fourth-order valence-electron chi connectivity index (χ4n) is 3.04. The third-order valence-electron chi connectivity index (χ3n) is 4.11. The van der Waals surface area contributed by atoms with Gasteiger partial charge in [-0.3, -0.25) is 0 Å². The summed E-state index contributed by atoms with van der Waals surface area (Å²) >= 11 is 0. The van der Waals surface area contributed by atoms with Gasteiger partial charge in [-0.2, -0.15) is 0 Å². The molecule has 0 aliphatic carbocycles. The molecule has 2 unspecified atom stereocenters. The quantitative estimate of drug-likeness (QED) is 0.800. The van der Waals surface area contributed by atoms with Crippen LogP contribution in [0.15, 0.2) is 0 Å². The van der Waals surface area contributed by atoms with Crippen LogP contribution in [-0.2, 0) is 9.47 Å². The molecular formula is C14H27NO2. The molecule has 0 amide bonds. The van der Waals surface area contributed by atoms with Crippen LogP contribution in [0.5, 0.6) is 0 Å². The van der Waals surface area contributed by atoms with E-state index >= 15 is 0 Å². The molecule has 0 aromatic heterocycles. The molecule has 2 aliphatic rings. The first-order valence-corrected chi connectivity index (χ1v) is 7.29. The van der Waals surface area contributed by atoms with Crippen molar-refractivity contribution in [2.75, 3.05) is 33.0 Å². The molecule has 3 heteroatoms. The molecule has 2 atom stereocenters. The van der Waals surface area contributed by atoms with E-state index in [1.165, 1.54) is 32.1 Å². The second kappa shape index (κ2) is 7.34. The van der Waals surface area contributed by atoms with Crippen LogP contribution in [0.2, 0.25) is 0 Å². The van der Waals surface area contributed by atoms with Crippen molar-refractivity contribution in [2.45, 2.75) is 45.1 Å². The number of nitrogens with one attached hydrogen (secondary N) is 1. The Morgan fingerprint density at radius 3 is 2.59 bits per heavy atom. The average molecular weight is 241 g/mol. The zero-order valence-corrected chi connectivity index (χ0v) is 11.1. The SMILES string of the molecule is CCCNC1CCOCC1CC1CCOCC1. The minimum Gasteiger partial charge on any atom is -0.381 e. The summed E-state index contributed by atoms with van der Waals surface area (Å²) in [5.74, 6) is 1.58. The minimum atomic E-state index is 0.687. The second-order valence-corrected chi connectivity index (χ2v) is 5.48. The lowest BCUT2D eigenvalue weighted by Gasteiger charge is -2.35. The molecule has 17 heavy (non-hydrogen) atoms. The molecule has 0 radical (unpaired) electrons. The number of ether oxygens (including phenoxy) is 2. The highest BCUT2D eigenvalue weighted by Crippen LogP contribution is 2.27. The smallest absolute Gasteiger partial charge is 0.0509 e. The molecule has 100 valence electrons. The van der Waals surface area contributed by atoms with Crippen molar-refractivity contribution < 1.29 is 9.47 Å². The van der Waals surface area contributed by atoms with Crippen LogP contribution >= 0.6 is 0 Å². The first-order chi connectivity index (χ1) is 8.40. The molecule has 2 rings (SSSR count). The highest BCUT2D eigenvalue weighted by molar-refractivity contribution is 4.82. The minimum absolute atomic E-state index is 0.687. The van der Waals surface area contributed by atoms with Gasteiger partial charge in [-0.25, -0.2) is 0 Å². The van der Waals surface area contributed by atoms with E-state index in [2.05, 4.69) is 12.2 Å². The van der Waals surface area contributed by atoms with E-state index in [1.807, 2.05) is 0 Å². The highest BCUT2D eigenvalue weighted by Gasteiger charge is 2.28. The van der Waals surface area contributed by atoms with Gasteiger partial charge in [-0.05, 0) is 50.5 Å². The van der Waals surface area contributed by atoms with Crippen LogP contribution in [0.25, 0.3) is 0 Å². The van der Waals surface area contributed by atoms with Gasteiger partial charge in [-0.15, -0.1) is 0 Å². The van der Waals surface area contributed by atoms with Gasteiger partial charge >= 0.3 is 0 Å². The Labute approximate surface area is 105 Å². The van der Waals surface area contributed by atoms with Crippen molar-refractivity contribution in [2.24, 2.45) is 11.8 Å². The largest absolute Gasteiger partial charge is 0.381 e. The lowest BCUT2D eigenvalue weighted by Crippen LogP contribution is -2.44. The van der Waals surface area contributed by atoms with E-state index < -0.39 is 0 Å². The molecule has 2 saturated heterocycles. The van der Waals surface area contributed by atoms with Crippen LogP contribution in [0.1, 0.15) is 39.0 Å². The molecule has 0 aromatic rings. The van der Waals surface area contributed by atoms with Gasteiger partial charge < -0.3 is 14.8 Å². The van der Waals surface area contributed by atoms with E-state index in [4.69, 9.17) is 9.47 Å². The predicted octanol–water partition coefficient (Wildman–Crippen LogP) is 2.21. The number of hydrogen-bond donors (Lipinski definition) is 1. The maximum Gasteiger partial charge on any atom is 0.0509 e. The number of rotatable bonds is 5. The second-order valence-electron chi connectivity index (χ2n) is 5.48. The van der Waals surface area contributed by atoms with E-state index in [0.717, 1.165) is 44.8 Å². The predicted molar refractivity (Wildman–Crippen MR) is 69.2 cm³/mol. The molecule has 1 N–H and O–H groups in total. The topological polar surface area (TPSA) is 30.5 Å². The summed E-state index contributed by atoms with van der Waals surface area (Å²) in [6.45, 7) is 7.20. The molecule has 2 aliphatic heterocycles. The highest BCUT2D eigenvalue weighted by atomic mass is 16.5. The van der Waals surface area contributed by atoms with Gasteiger partial charge in [0, 0.05) is 25.9 Å². The van der Waals surface area contributed by atoms with E-state index in [1.54, 1.807) is 0 Å². The van der Waals surface area contributed by atoms with Crippen LogP contribution in [0.4, 0.5) is 0 Å². The fourth-order valence-corrected chi connectivity index (χ4v) is 3.04. The molecule has 0 bridgehead atoms. The summed E-state index contributed by atoms with van der Waals surface area (Å²) in [7, 11) is 0. The van der Waals surface area contributed by atoms with Crippen molar-refractivity contribution in [1.82, 2.24) is 5.32 Å². The summed E-state index contributed by atoms with van der Waals surface area (Å²) in [5.41, 5.74) is 0. The average Bonchev–Trinajstić information content (AvgIpc) is 2.39. The van der Waals surface area contributed by atoms with E-state index in [9.17, 15) is 0 Å². The molecule has 0 saturated carbocycles. The standard InChI is InChI=1S/C14H27NO2/c1-2-6-15-14-5-9-17-11-13(14)10-12-3-7-16-8-4-12/h12-15H,2-11H2,1H3. The van der Waals surface area contributed by atoms with Crippen LogP contribution < -0.4 is 5.32 Å². The molecule has 2 fully saturated rings. The summed E-state index contributed by atoms with van der Waals surface area (Å²) < 4.78 is 11.1. The lowest BCUT2D eigenvalue weighted by atomic mass is 9.83. The van der Waals surface area contributed by atoms with Gasteiger partial charge in [-0.1, -0.05) is 6.92 Å².